The second kappa shape index (κ2) is 8.48. The summed E-state index contributed by atoms with van der Waals surface area (Å²) in [6.07, 6.45) is 0. The van der Waals surface area contributed by atoms with E-state index in [4.69, 9.17) is 11.6 Å². The fourth-order valence-electron chi connectivity index (χ4n) is 1.99. The summed E-state index contributed by atoms with van der Waals surface area (Å²) >= 11 is 7.51. The van der Waals surface area contributed by atoms with Crippen LogP contribution in [0.25, 0.3) is 11.3 Å². The molecule has 120 valence electrons. The number of benzene rings is 1. The van der Waals surface area contributed by atoms with Crippen LogP contribution in [0, 0.1) is 6.92 Å². The van der Waals surface area contributed by atoms with Crippen LogP contribution in [0.4, 0.5) is 0 Å². The summed E-state index contributed by atoms with van der Waals surface area (Å²) in [5, 5.41) is 7.37. The second-order valence-electron chi connectivity index (χ2n) is 4.78. The van der Waals surface area contributed by atoms with Crippen molar-refractivity contribution in [2.24, 2.45) is 0 Å². The lowest BCUT2D eigenvalue weighted by molar-refractivity contribution is -0.120. The van der Waals surface area contributed by atoms with Crippen molar-refractivity contribution in [2.45, 2.75) is 19.9 Å². The lowest BCUT2D eigenvalue weighted by atomic mass is 10.1. The SMILES string of the molecule is CNCC(=O)NC(C)c1nc(-c2ccc(Cl)cc2)c(C)s1.Cl. The summed E-state index contributed by atoms with van der Waals surface area (Å²) < 4.78 is 0. The van der Waals surface area contributed by atoms with Crippen molar-refractivity contribution in [3.05, 3.63) is 39.2 Å². The number of hydrogen-bond donors (Lipinski definition) is 2. The Morgan fingerprint density at radius 1 is 1.36 bits per heavy atom. The number of aromatic nitrogens is 1. The van der Waals surface area contributed by atoms with Gasteiger partial charge in [0.25, 0.3) is 0 Å². The van der Waals surface area contributed by atoms with E-state index in [0.29, 0.717) is 11.6 Å². The van der Waals surface area contributed by atoms with Crippen LogP contribution in [-0.2, 0) is 4.79 Å². The first-order valence-corrected chi connectivity index (χ1v) is 7.88. The molecule has 7 heteroatoms. The largest absolute Gasteiger partial charge is 0.346 e. The van der Waals surface area contributed by atoms with Gasteiger partial charge in [-0.05, 0) is 33.0 Å². The van der Waals surface area contributed by atoms with Gasteiger partial charge in [-0.1, -0.05) is 23.7 Å². The molecule has 0 aliphatic rings. The summed E-state index contributed by atoms with van der Waals surface area (Å²) in [4.78, 5) is 17.4. The molecule has 4 nitrogen and oxygen atoms in total. The van der Waals surface area contributed by atoms with Gasteiger partial charge in [0, 0.05) is 15.5 Å². The van der Waals surface area contributed by atoms with Crippen LogP contribution < -0.4 is 10.6 Å². The highest BCUT2D eigenvalue weighted by Gasteiger charge is 2.16. The van der Waals surface area contributed by atoms with Crippen molar-refractivity contribution in [2.75, 3.05) is 13.6 Å². The van der Waals surface area contributed by atoms with Gasteiger partial charge in [-0.15, -0.1) is 23.7 Å². The van der Waals surface area contributed by atoms with Gasteiger partial charge in [-0.25, -0.2) is 4.98 Å². The number of carbonyl (C=O) groups is 1. The molecule has 0 saturated heterocycles. The summed E-state index contributed by atoms with van der Waals surface area (Å²) in [7, 11) is 1.75. The van der Waals surface area contributed by atoms with Gasteiger partial charge in [-0.2, -0.15) is 0 Å². The molecule has 0 aliphatic heterocycles. The minimum Gasteiger partial charge on any atom is -0.346 e. The standard InChI is InChI=1S/C15H18ClN3OS.ClH/c1-9(18-13(20)8-17-3)15-19-14(10(2)21-15)11-4-6-12(16)7-5-11;/h4-7,9,17H,8H2,1-3H3,(H,18,20);1H. The lowest BCUT2D eigenvalue weighted by Crippen LogP contribution is -2.33. The molecule has 2 rings (SSSR count). The average molecular weight is 360 g/mol. The third kappa shape index (κ3) is 4.68. The maximum Gasteiger partial charge on any atom is 0.234 e. The third-order valence-corrected chi connectivity index (χ3v) is 4.42. The van der Waals surface area contributed by atoms with Crippen LogP contribution in [0.2, 0.25) is 5.02 Å². The molecule has 1 heterocycles. The molecule has 1 atom stereocenters. The highest BCUT2D eigenvalue weighted by Crippen LogP contribution is 2.31. The van der Waals surface area contributed by atoms with Gasteiger partial charge in [-0.3, -0.25) is 4.79 Å². The number of hydrogen-bond acceptors (Lipinski definition) is 4. The number of nitrogens with zero attached hydrogens (tertiary/aromatic N) is 1. The Bertz CT molecular complexity index is 628. The molecule has 0 bridgehead atoms. The molecule has 1 amide bonds. The topological polar surface area (TPSA) is 54.0 Å². The van der Waals surface area contributed by atoms with E-state index < -0.39 is 0 Å². The van der Waals surface area contributed by atoms with E-state index in [1.807, 2.05) is 38.1 Å². The van der Waals surface area contributed by atoms with Gasteiger partial charge in [0.15, 0.2) is 0 Å². The van der Waals surface area contributed by atoms with E-state index in [2.05, 4.69) is 15.6 Å². The van der Waals surface area contributed by atoms with E-state index in [-0.39, 0.29) is 24.4 Å². The van der Waals surface area contributed by atoms with E-state index in [1.54, 1.807) is 18.4 Å². The smallest absolute Gasteiger partial charge is 0.234 e. The first-order chi connectivity index (χ1) is 10.0. The van der Waals surface area contributed by atoms with Crippen LogP contribution >= 0.6 is 35.3 Å². The molecule has 1 unspecified atom stereocenters. The van der Waals surface area contributed by atoms with Crippen LogP contribution in [0.1, 0.15) is 22.9 Å². The van der Waals surface area contributed by atoms with Gasteiger partial charge in [0.2, 0.25) is 5.91 Å². The fraction of sp³-hybridized carbons (Fsp3) is 0.333. The van der Waals surface area contributed by atoms with Crippen LogP contribution in [-0.4, -0.2) is 24.5 Å². The predicted octanol–water partition coefficient (Wildman–Crippen LogP) is 3.59. The Morgan fingerprint density at radius 3 is 2.59 bits per heavy atom. The lowest BCUT2D eigenvalue weighted by Gasteiger charge is -2.10. The van der Waals surface area contributed by atoms with Gasteiger partial charge < -0.3 is 10.6 Å². The van der Waals surface area contributed by atoms with Crippen molar-refractivity contribution >= 4 is 41.3 Å². The van der Waals surface area contributed by atoms with Crippen molar-refractivity contribution in [1.29, 1.82) is 0 Å². The Labute approximate surface area is 145 Å². The van der Waals surface area contributed by atoms with Crippen LogP contribution in [0.3, 0.4) is 0 Å². The Hall–Kier alpha value is -1.14. The van der Waals surface area contributed by atoms with Crippen molar-refractivity contribution < 1.29 is 4.79 Å². The molecule has 22 heavy (non-hydrogen) atoms. The van der Waals surface area contributed by atoms with Crippen molar-refractivity contribution in [1.82, 2.24) is 15.6 Å². The number of halogens is 2. The number of amides is 1. The van der Waals surface area contributed by atoms with Crippen molar-refractivity contribution in [3.8, 4) is 11.3 Å². The minimum atomic E-state index is -0.101. The molecule has 0 fully saturated rings. The normalized spacial score (nSPS) is 11.6. The van der Waals surface area contributed by atoms with Crippen LogP contribution in [0.5, 0.6) is 0 Å². The summed E-state index contributed by atoms with van der Waals surface area (Å²) in [5.74, 6) is -0.0362. The molecule has 1 aromatic heterocycles. The molecule has 0 radical (unpaired) electrons. The van der Waals surface area contributed by atoms with E-state index in [9.17, 15) is 4.79 Å². The molecule has 2 N–H and O–H groups in total. The Kier molecular flexibility index (Phi) is 7.29. The van der Waals surface area contributed by atoms with E-state index in [1.165, 1.54) is 0 Å². The first kappa shape index (κ1) is 18.9. The van der Waals surface area contributed by atoms with E-state index in [0.717, 1.165) is 21.1 Å². The second-order valence-corrected chi connectivity index (χ2v) is 6.45. The van der Waals surface area contributed by atoms with E-state index >= 15 is 0 Å². The Morgan fingerprint density at radius 2 is 2.00 bits per heavy atom. The number of thiazole rings is 1. The maximum atomic E-state index is 11.6. The summed E-state index contributed by atoms with van der Waals surface area (Å²) in [5.41, 5.74) is 1.98. The minimum absolute atomic E-state index is 0. The zero-order valence-corrected chi connectivity index (χ0v) is 15.0. The number of carbonyl (C=O) groups excluding carboxylic acids is 1. The summed E-state index contributed by atoms with van der Waals surface area (Å²) in [6.45, 7) is 4.28. The number of likely N-dealkylation sites (N-methyl/N-ethyl adjacent to an activating group) is 1. The number of nitrogens with one attached hydrogen (secondary N) is 2. The fourth-order valence-corrected chi connectivity index (χ4v) is 3.07. The third-order valence-electron chi connectivity index (χ3n) is 3.02. The number of rotatable bonds is 5. The monoisotopic (exact) mass is 359 g/mol. The number of aryl methyl sites for hydroxylation is 1. The molecule has 0 aliphatic carbocycles. The molecule has 1 aromatic carbocycles. The van der Waals surface area contributed by atoms with Crippen LogP contribution in [0.15, 0.2) is 24.3 Å². The van der Waals surface area contributed by atoms with Gasteiger partial charge >= 0.3 is 0 Å². The predicted molar refractivity (Wildman–Crippen MR) is 95.0 cm³/mol. The Balaban J connectivity index is 0.00000242. The molecular weight excluding hydrogens is 341 g/mol. The maximum absolute atomic E-state index is 11.6. The first-order valence-electron chi connectivity index (χ1n) is 6.68. The highest BCUT2D eigenvalue weighted by molar-refractivity contribution is 7.12. The van der Waals surface area contributed by atoms with Gasteiger partial charge in [0.05, 0.1) is 18.3 Å². The molecular formula is C15H19Cl2N3OS. The molecule has 0 saturated carbocycles. The quantitative estimate of drug-likeness (QED) is 0.857. The highest BCUT2D eigenvalue weighted by atomic mass is 35.5. The zero-order chi connectivity index (χ0) is 15.4. The van der Waals surface area contributed by atoms with Gasteiger partial charge in [0.1, 0.15) is 5.01 Å². The zero-order valence-electron chi connectivity index (χ0n) is 12.6. The van der Waals surface area contributed by atoms with Crippen molar-refractivity contribution in [3.63, 3.8) is 0 Å². The molecule has 2 aromatic rings. The average Bonchev–Trinajstić information content (AvgIpc) is 2.82. The molecule has 0 spiro atoms. The summed E-state index contributed by atoms with van der Waals surface area (Å²) in [6, 6.07) is 7.52.